The number of carbonyl (C=O) groups excluding carboxylic acids is 1. The molecule has 88 valence electrons. The normalized spacial score (nSPS) is 10.4. The van der Waals surface area contributed by atoms with Crippen molar-refractivity contribution in [2.45, 2.75) is 11.4 Å². The Hall–Kier alpha value is -1.68. The van der Waals surface area contributed by atoms with Gasteiger partial charge in [-0.1, -0.05) is 30.3 Å². The molecule has 0 saturated heterocycles. The summed E-state index contributed by atoms with van der Waals surface area (Å²) < 4.78 is 2.10. The van der Waals surface area contributed by atoms with Crippen LogP contribution in [0.2, 0.25) is 0 Å². The van der Waals surface area contributed by atoms with Crippen LogP contribution in [0.1, 0.15) is 5.56 Å². The first kappa shape index (κ1) is 11.8. The fourth-order valence-corrected chi connectivity index (χ4v) is 2.23. The quantitative estimate of drug-likeness (QED) is 0.821. The summed E-state index contributed by atoms with van der Waals surface area (Å²) in [4.78, 5) is 11.7. The van der Waals surface area contributed by atoms with Gasteiger partial charge in [0, 0.05) is 23.8 Å². The monoisotopic (exact) mass is 246 g/mol. The lowest BCUT2D eigenvalue weighted by atomic mass is 10.2. The van der Waals surface area contributed by atoms with Crippen LogP contribution in [0, 0.1) is 0 Å². The molecule has 0 spiro atoms. The van der Waals surface area contributed by atoms with Crippen molar-refractivity contribution in [3.8, 4) is 0 Å². The zero-order valence-electron chi connectivity index (χ0n) is 9.37. The molecule has 2 aromatic rings. The summed E-state index contributed by atoms with van der Waals surface area (Å²) in [6, 6.07) is 12.2. The minimum atomic E-state index is -0.286. The van der Waals surface area contributed by atoms with E-state index in [9.17, 15) is 4.79 Å². The molecule has 1 aromatic carbocycles. The van der Waals surface area contributed by atoms with Gasteiger partial charge in [0.1, 0.15) is 0 Å². The SMILES string of the molecule is NC(=O)CSc1ccn(Cc2ccccc2)c1. The first-order valence-electron chi connectivity index (χ1n) is 5.35. The van der Waals surface area contributed by atoms with Gasteiger partial charge in [0.25, 0.3) is 0 Å². The van der Waals surface area contributed by atoms with E-state index in [0.29, 0.717) is 5.75 Å². The maximum Gasteiger partial charge on any atom is 0.227 e. The van der Waals surface area contributed by atoms with Gasteiger partial charge in [0.2, 0.25) is 5.91 Å². The number of nitrogens with zero attached hydrogens (tertiary/aromatic N) is 1. The fourth-order valence-electron chi connectivity index (χ4n) is 1.55. The third-order valence-corrected chi connectivity index (χ3v) is 3.32. The predicted molar refractivity (Wildman–Crippen MR) is 69.9 cm³/mol. The Bertz CT molecular complexity index is 493. The van der Waals surface area contributed by atoms with Crippen molar-refractivity contribution in [1.29, 1.82) is 0 Å². The maximum absolute atomic E-state index is 10.7. The Balaban J connectivity index is 1.97. The summed E-state index contributed by atoms with van der Waals surface area (Å²) in [6.07, 6.45) is 4.04. The second-order valence-electron chi connectivity index (χ2n) is 3.76. The number of nitrogens with two attached hydrogens (primary N) is 1. The Morgan fingerprint density at radius 2 is 2.00 bits per heavy atom. The lowest BCUT2D eigenvalue weighted by Crippen LogP contribution is -2.12. The van der Waals surface area contributed by atoms with Crippen molar-refractivity contribution < 1.29 is 4.79 Å². The van der Waals surface area contributed by atoms with Gasteiger partial charge < -0.3 is 10.3 Å². The fraction of sp³-hybridized carbons (Fsp3) is 0.154. The molecule has 0 aliphatic rings. The Labute approximate surface area is 105 Å². The molecule has 0 saturated carbocycles. The first-order valence-corrected chi connectivity index (χ1v) is 6.33. The van der Waals surface area contributed by atoms with Crippen molar-refractivity contribution in [1.82, 2.24) is 4.57 Å². The Morgan fingerprint density at radius 3 is 2.71 bits per heavy atom. The number of benzene rings is 1. The molecular formula is C13H14N2OS. The summed E-state index contributed by atoms with van der Waals surface area (Å²) >= 11 is 1.46. The van der Waals surface area contributed by atoms with Gasteiger partial charge in [0.15, 0.2) is 0 Å². The number of hydrogen-bond acceptors (Lipinski definition) is 2. The third kappa shape index (κ3) is 3.67. The number of rotatable bonds is 5. The highest BCUT2D eigenvalue weighted by atomic mass is 32.2. The van der Waals surface area contributed by atoms with Crippen molar-refractivity contribution in [3.63, 3.8) is 0 Å². The molecule has 1 amide bonds. The highest BCUT2D eigenvalue weighted by molar-refractivity contribution is 8.00. The Morgan fingerprint density at radius 1 is 1.24 bits per heavy atom. The van der Waals surface area contributed by atoms with Crippen molar-refractivity contribution in [2.75, 3.05) is 5.75 Å². The van der Waals surface area contributed by atoms with E-state index < -0.39 is 0 Å². The molecule has 4 heteroatoms. The number of aromatic nitrogens is 1. The van der Waals surface area contributed by atoms with E-state index in [0.717, 1.165) is 11.4 Å². The number of carbonyl (C=O) groups is 1. The average Bonchev–Trinajstić information content (AvgIpc) is 2.75. The van der Waals surface area contributed by atoms with Gasteiger partial charge >= 0.3 is 0 Å². The van der Waals surface area contributed by atoms with Gasteiger partial charge in [-0.2, -0.15) is 0 Å². The Kier molecular flexibility index (Phi) is 3.88. The minimum Gasteiger partial charge on any atom is -0.369 e. The highest BCUT2D eigenvalue weighted by Crippen LogP contribution is 2.18. The standard InChI is InChI=1S/C13H14N2OS/c14-13(16)10-17-12-6-7-15(9-12)8-11-4-2-1-3-5-11/h1-7,9H,8,10H2,(H2,14,16). The van der Waals surface area contributed by atoms with Crippen LogP contribution < -0.4 is 5.73 Å². The molecule has 2 N–H and O–H groups in total. The highest BCUT2D eigenvalue weighted by Gasteiger charge is 2.01. The van der Waals surface area contributed by atoms with Crippen LogP contribution in [0.3, 0.4) is 0 Å². The number of amides is 1. The molecule has 0 fully saturated rings. The van der Waals surface area contributed by atoms with Crippen LogP contribution >= 0.6 is 11.8 Å². The molecule has 0 bridgehead atoms. The molecular weight excluding hydrogens is 232 g/mol. The predicted octanol–water partition coefficient (Wildman–Crippen LogP) is 2.11. The summed E-state index contributed by atoms with van der Waals surface area (Å²) in [6.45, 7) is 0.845. The lowest BCUT2D eigenvalue weighted by Gasteiger charge is -2.02. The van der Waals surface area contributed by atoms with Gasteiger partial charge in [0.05, 0.1) is 5.75 Å². The van der Waals surface area contributed by atoms with Gasteiger partial charge in [-0.25, -0.2) is 0 Å². The average molecular weight is 246 g/mol. The maximum atomic E-state index is 10.7. The number of hydrogen-bond donors (Lipinski definition) is 1. The molecule has 17 heavy (non-hydrogen) atoms. The first-order chi connectivity index (χ1) is 8.24. The van der Waals surface area contributed by atoms with E-state index in [1.165, 1.54) is 17.3 Å². The molecule has 0 aliphatic carbocycles. The van der Waals surface area contributed by atoms with E-state index in [2.05, 4.69) is 16.7 Å². The van der Waals surface area contributed by atoms with Gasteiger partial charge in [-0.15, -0.1) is 11.8 Å². The molecule has 0 atom stereocenters. The van der Waals surface area contributed by atoms with Crippen molar-refractivity contribution in [3.05, 3.63) is 54.4 Å². The molecule has 3 nitrogen and oxygen atoms in total. The van der Waals surface area contributed by atoms with Crippen LogP contribution in [0.5, 0.6) is 0 Å². The van der Waals surface area contributed by atoms with Crippen LogP contribution in [0.15, 0.2) is 53.7 Å². The third-order valence-electron chi connectivity index (χ3n) is 2.31. The van der Waals surface area contributed by atoms with Crippen LogP contribution in [0.4, 0.5) is 0 Å². The van der Waals surface area contributed by atoms with E-state index >= 15 is 0 Å². The molecule has 1 aromatic heterocycles. The van der Waals surface area contributed by atoms with E-state index in [4.69, 9.17) is 5.73 Å². The lowest BCUT2D eigenvalue weighted by molar-refractivity contribution is -0.115. The summed E-state index contributed by atoms with van der Waals surface area (Å²) in [5, 5.41) is 0. The number of primary amides is 1. The topological polar surface area (TPSA) is 48.0 Å². The summed E-state index contributed by atoms with van der Waals surface area (Å²) in [5.74, 6) is 0.0424. The minimum absolute atomic E-state index is 0.286. The summed E-state index contributed by atoms with van der Waals surface area (Å²) in [7, 11) is 0. The smallest absolute Gasteiger partial charge is 0.227 e. The molecule has 0 aliphatic heterocycles. The van der Waals surface area contributed by atoms with Gasteiger partial charge in [-0.3, -0.25) is 4.79 Å². The van der Waals surface area contributed by atoms with E-state index in [-0.39, 0.29) is 5.91 Å². The zero-order valence-corrected chi connectivity index (χ0v) is 10.2. The molecule has 0 unspecified atom stereocenters. The van der Waals surface area contributed by atoms with Gasteiger partial charge in [-0.05, 0) is 11.6 Å². The van der Waals surface area contributed by atoms with Crippen LogP contribution in [-0.4, -0.2) is 16.2 Å². The molecule has 0 radical (unpaired) electrons. The molecule has 1 heterocycles. The van der Waals surface area contributed by atoms with E-state index in [1.54, 1.807) is 0 Å². The second-order valence-corrected chi connectivity index (χ2v) is 4.81. The van der Waals surface area contributed by atoms with E-state index in [1.807, 2.05) is 36.7 Å². The molecule has 2 rings (SSSR count). The van der Waals surface area contributed by atoms with Crippen molar-refractivity contribution >= 4 is 17.7 Å². The van der Waals surface area contributed by atoms with Crippen LogP contribution in [-0.2, 0) is 11.3 Å². The van der Waals surface area contributed by atoms with Crippen molar-refractivity contribution in [2.24, 2.45) is 5.73 Å². The zero-order chi connectivity index (χ0) is 12.1. The largest absolute Gasteiger partial charge is 0.369 e. The van der Waals surface area contributed by atoms with Crippen LogP contribution in [0.25, 0.3) is 0 Å². The summed E-state index contributed by atoms with van der Waals surface area (Å²) in [5.41, 5.74) is 6.36. The second kappa shape index (κ2) is 5.59. The number of thioether (sulfide) groups is 1.